The summed E-state index contributed by atoms with van der Waals surface area (Å²) in [5.41, 5.74) is 3.66. The van der Waals surface area contributed by atoms with Crippen molar-refractivity contribution in [3.63, 3.8) is 0 Å². The van der Waals surface area contributed by atoms with E-state index in [0.717, 1.165) is 23.7 Å². The predicted molar refractivity (Wildman–Crippen MR) is 66.0 cm³/mol. The van der Waals surface area contributed by atoms with Crippen LogP contribution in [-0.2, 0) is 0 Å². The summed E-state index contributed by atoms with van der Waals surface area (Å²) in [6.07, 6.45) is 5.41. The zero-order chi connectivity index (χ0) is 11.5. The van der Waals surface area contributed by atoms with Crippen molar-refractivity contribution >= 4 is 0 Å². The topological polar surface area (TPSA) is 20.2 Å². The van der Waals surface area contributed by atoms with Gasteiger partial charge in [0.25, 0.3) is 0 Å². The monoisotopic (exact) mass is 220 g/mol. The van der Waals surface area contributed by atoms with Crippen LogP contribution in [0.3, 0.4) is 0 Å². The van der Waals surface area contributed by atoms with Gasteiger partial charge in [-0.2, -0.15) is 0 Å². The Hall–Kier alpha value is -0.300. The Balaban J connectivity index is 1.98. The van der Waals surface area contributed by atoms with Crippen LogP contribution in [0.4, 0.5) is 0 Å². The molecular weight excluding hydrogens is 196 g/mol. The lowest BCUT2D eigenvalue weighted by Gasteiger charge is -2.23. The molecule has 3 rings (SSSR count). The molecule has 3 aliphatic carbocycles. The quantitative estimate of drug-likeness (QED) is 0.672. The molecule has 0 bridgehead atoms. The van der Waals surface area contributed by atoms with Gasteiger partial charge < -0.3 is 5.11 Å². The van der Waals surface area contributed by atoms with Crippen LogP contribution < -0.4 is 0 Å². The van der Waals surface area contributed by atoms with Gasteiger partial charge in [-0.1, -0.05) is 25.0 Å². The van der Waals surface area contributed by atoms with Crippen molar-refractivity contribution < 1.29 is 5.11 Å². The molecule has 0 aromatic heterocycles. The molecule has 0 radical (unpaired) electrons. The first-order chi connectivity index (χ1) is 7.59. The van der Waals surface area contributed by atoms with Crippen LogP contribution in [-0.4, -0.2) is 11.7 Å². The summed E-state index contributed by atoms with van der Waals surface area (Å²) in [6, 6.07) is 0. The molecule has 0 saturated heterocycles. The molecule has 2 saturated carbocycles. The van der Waals surface area contributed by atoms with Crippen LogP contribution in [0.15, 0.2) is 11.1 Å². The van der Waals surface area contributed by atoms with E-state index in [9.17, 15) is 5.11 Å². The SMILES string of the molecule is CC1=C2C(CC1)C(C)CCC1C2C1(C)CO. The van der Waals surface area contributed by atoms with Gasteiger partial charge >= 0.3 is 0 Å². The van der Waals surface area contributed by atoms with Crippen molar-refractivity contribution in [2.45, 2.75) is 46.5 Å². The lowest BCUT2D eigenvalue weighted by Crippen LogP contribution is -2.16. The van der Waals surface area contributed by atoms with Gasteiger partial charge in [0.05, 0.1) is 0 Å². The molecule has 0 amide bonds. The highest BCUT2D eigenvalue weighted by atomic mass is 16.3. The van der Waals surface area contributed by atoms with Crippen molar-refractivity contribution in [1.29, 1.82) is 0 Å². The lowest BCUT2D eigenvalue weighted by molar-refractivity contribution is 0.196. The minimum atomic E-state index is 0.235. The number of aliphatic hydroxyl groups excluding tert-OH is 1. The van der Waals surface area contributed by atoms with Gasteiger partial charge in [-0.3, -0.25) is 0 Å². The number of fused-ring (bicyclic) bond motifs is 3. The number of rotatable bonds is 1. The molecule has 1 nitrogen and oxygen atoms in total. The third kappa shape index (κ3) is 1.21. The van der Waals surface area contributed by atoms with Crippen molar-refractivity contribution in [1.82, 2.24) is 0 Å². The van der Waals surface area contributed by atoms with Gasteiger partial charge in [0, 0.05) is 12.0 Å². The summed E-state index contributed by atoms with van der Waals surface area (Å²) in [5.74, 6) is 3.24. The predicted octanol–water partition coefficient (Wildman–Crippen LogP) is 3.39. The first-order valence-electron chi connectivity index (χ1n) is 6.90. The standard InChI is InChI=1S/C15H24O/c1-9-5-7-12-14(15(12,3)8-16)13-10(2)4-6-11(9)13/h9,11-12,14,16H,4-8H2,1-3H3. The van der Waals surface area contributed by atoms with Crippen LogP contribution in [0, 0.1) is 29.1 Å². The van der Waals surface area contributed by atoms with Crippen LogP contribution in [0.1, 0.15) is 46.5 Å². The zero-order valence-corrected chi connectivity index (χ0v) is 10.8. The van der Waals surface area contributed by atoms with E-state index in [2.05, 4.69) is 20.8 Å². The van der Waals surface area contributed by atoms with Crippen LogP contribution >= 0.6 is 0 Å². The van der Waals surface area contributed by atoms with E-state index in [4.69, 9.17) is 0 Å². The average Bonchev–Trinajstić information content (AvgIpc) is 2.73. The normalized spacial score (nSPS) is 51.0. The minimum absolute atomic E-state index is 0.235. The number of aliphatic hydroxyl groups is 1. The molecule has 16 heavy (non-hydrogen) atoms. The fourth-order valence-electron chi connectivity index (χ4n) is 4.66. The van der Waals surface area contributed by atoms with Gasteiger partial charge in [0.2, 0.25) is 0 Å². The summed E-state index contributed by atoms with van der Waals surface area (Å²) in [7, 11) is 0. The molecule has 5 atom stereocenters. The van der Waals surface area contributed by atoms with E-state index in [-0.39, 0.29) is 5.41 Å². The third-order valence-electron chi connectivity index (χ3n) is 5.87. The average molecular weight is 220 g/mol. The van der Waals surface area contributed by atoms with Gasteiger partial charge in [-0.25, -0.2) is 0 Å². The van der Waals surface area contributed by atoms with Crippen LogP contribution in [0.25, 0.3) is 0 Å². The largest absolute Gasteiger partial charge is 0.396 e. The Kier molecular flexibility index (Phi) is 2.27. The first kappa shape index (κ1) is 10.8. The Morgan fingerprint density at radius 1 is 1.31 bits per heavy atom. The van der Waals surface area contributed by atoms with Crippen LogP contribution in [0.5, 0.6) is 0 Å². The highest BCUT2D eigenvalue weighted by Gasteiger charge is 2.64. The summed E-state index contributed by atoms with van der Waals surface area (Å²) >= 11 is 0. The molecule has 0 aromatic carbocycles. The first-order valence-corrected chi connectivity index (χ1v) is 6.90. The lowest BCUT2D eigenvalue weighted by atomic mass is 9.82. The van der Waals surface area contributed by atoms with Crippen molar-refractivity contribution in [2.24, 2.45) is 29.1 Å². The van der Waals surface area contributed by atoms with Crippen molar-refractivity contribution in [2.75, 3.05) is 6.61 Å². The zero-order valence-electron chi connectivity index (χ0n) is 10.8. The molecule has 0 aromatic rings. The molecule has 0 heterocycles. The van der Waals surface area contributed by atoms with E-state index in [1.165, 1.54) is 25.7 Å². The maximum atomic E-state index is 9.64. The third-order valence-corrected chi connectivity index (χ3v) is 5.87. The molecule has 2 fully saturated rings. The van der Waals surface area contributed by atoms with E-state index < -0.39 is 0 Å². The van der Waals surface area contributed by atoms with Gasteiger partial charge in [-0.15, -0.1) is 0 Å². The van der Waals surface area contributed by atoms with E-state index in [0.29, 0.717) is 6.61 Å². The van der Waals surface area contributed by atoms with E-state index in [1.54, 1.807) is 11.1 Å². The second-order valence-electron chi connectivity index (χ2n) is 6.68. The number of hydrogen-bond donors (Lipinski definition) is 1. The Morgan fingerprint density at radius 3 is 2.75 bits per heavy atom. The Labute approximate surface area is 98.9 Å². The summed E-state index contributed by atoms with van der Waals surface area (Å²) in [5, 5.41) is 9.64. The van der Waals surface area contributed by atoms with Crippen molar-refractivity contribution in [3.05, 3.63) is 11.1 Å². The summed E-state index contributed by atoms with van der Waals surface area (Å²) < 4.78 is 0. The smallest absolute Gasteiger partial charge is 0.0493 e. The molecule has 5 unspecified atom stereocenters. The minimum Gasteiger partial charge on any atom is -0.396 e. The maximum absolute atomic E-state index is 9.64. The van der Waals surface area contributed by atoms with Crippen LogP contribution in [0.2, 0.25) is 0 Å². The second-order valence-corrected chi connectivity index (χ2v) is 6.68. The maximum Gasteiger partial charge on any atom is 0.0493 e. The summed E-state index contributed by atoms with van der Waals surface area (Å²) in [4.78, 5) is 0. The van der Waals surface area contributed by atoms with E-state index in [1.807, 2.05) is 0 Å². The Bertz CT molecular complexity index is 343. The van der Waals surface area contributed by atoms with Crippen molar-refractivity contribution in [3.8, 4) is 0 Å². The highest BCUT2D eigenvalue weighted by molar-refractivity contribution is 5.35. The number of allylic oxidation sites excluding steroid dienone is 2. The molecule has 0 spiro atoms. The highest BCUT2D eigenvalue weighted by Crippen LogP contribution is 2.69. The molecule has 1 N–H and O–H groups in total. The van der Waals surface area contributed by atoms with Gasteiger partial charge in [-0.05, 0) is 56.3 Å². The summed E-state index contributed by atoms with van der Waals surface area (Å²) in [6.45, 7) is 7.46. The van der Waals surface area contributed by atoms with E-state index >= 15 is 0 Å². The number of hydrogen-bond acceptors (Lipinski definition) is 1. The fraction of sp³-hybridized carbons (Fsp3) is 0.867. The molecule has 3 aliphatic rings. The molecular formula is C15H24O. The van der Waals surface area contributed by atoms with Gasteiger partial charge in [0.15, 0.2) is 0 Å². The second kappa shape index (κ2) is 3.35. The fourth-order valence-corrected chi connectivity index (χ4v) is 4.66. The van der Waals surface area contributed by atoms with Gasteiger partial charge in [0.1, 0.15) is 0 Å². The molecule has 0 aliphatic heterocycles. The Morgan fingerprint density at radius 2 is 2.06 bits per heavy atom. The molecule has 90 valence electrons. The molecule has 1 heteroatoms.